The Labute approximate surface area is 140 Å². The van der Waals surface area contributed by atoms with Gasteiger partial charge < -0.3 is 15.1 Å². The predicted octanol–water partition coefficient (Wildman–Crippen LogP) is 0.387. The number of carbonyl (C=O) groups excluding carboxylic acids is 2. The van der Waals surface area contributed by atoms with Gasteiger partial charge in [0.15, 0.2) is 0 Å². The Bertz CT molecular complexity index is 403. The first-order valence-electron chi connectivity index (χ1n) is 9.07. The number of hydrogen-bond donors (Lipinski definition) is 1. The van der Waals surface area contributed by atoms with Gasteiger partial charge >= 0.3 is 0 Å². The van der Waals surface area contributed by atoms with E-state index in [1.54, 1.807) is 0 Å². The number of likely N-dealkylation sites (N-methyl/N-ethyl adjacent to an activating group) is 1. The van der Waals surface area contributed by atoms with Crippen LogP contribution in [0.4, 0.5) is 0 Å². The Morgan fingerprint density at radius 2 is 1.78 bits per heavy atom. The fraction of sp³-hybridized carbons (Fsp3) is 0.882. The van der Waals surface area contributed by atoms with E-state index < -0.39 is 0 Å². The highest BCUT2D eigenvalue weighted by atomic mass is 16.2. The molecule has 0 saturated carbocycles. The molecule has 2 rings (SSSR count). The lowest BCUT2D eigenvalue weighted by atomic mass is 9.92. The Kier molecular flexibility index (Phi) is 6.84. The Balaban J connectivity index is 1.77. The van der Waals surface area contributed by atoms with E-state index in [2.05, 4.69) is 17.1 Å². The Morgan fingerprint density at radius 1 is 1.13 bits per heavy atom. The second-order valence-electron chi connectivity index (χ2n) is 6.74. The van der Waals surface area contributed by atoms with Crippen molar-refractivity contribution in [2.45, 2.75) is 39.7 Å². The van der Waals surface area contributed by atoms with E-state index in [-0.39, 0.29) is 11.8 Å². The first kappa shape index (κ1) is 18.2. The van der Waals surface area contributed by atoms with Crippen LogP contribution in [0.25, 0.3) is 0 Å². The van der Waals surface area contributed by atoms with Crippen molar-refractivity contribution in [3.05, 3.63) is 0 Å². The van der Waals surface area contributed by atoms with Gasteiger partial charge in [-0.3, -0.25) is 14.5 Å². The first-order valence-corrected chi connectivity index (χ1v) is 9.07. The van der Waals surface area contributed by atoms with Crippen molar-refractivity contribution in [3.8, 4) is 0 Å². The van der Waals surface area contributed by atoms with Gasteiger partial charge in [-0.1, -0.05) is 0 Å². The molecule has 6 heteroatoms. The average molecular weight is 324 g/mol. The summed E-state index contributed by atoms with van der Waals surface area (Å²) in [5, 5.41) is 3.40. The molecule has 0 aromatic rings. The quantitative estimate of drug-likeness (QED) is 0.795. The topological polar surface area (TPSA) is 55.9 Å². The lowest BCUT2D eigenvalue weighted by molar-refractivity contribution is -0.139. The van der Waals surface area contributed by atoms with Crippen LogP contribution in [0.3, 0.4) is 0 Å². The molecule has 23 heavy (non-hydrogen) atoms. The van der Waals surface area contributed by atoms with Crippen molar-refractivity contribution < 1.29 is 9.59 Å². The fourth-order valence-corrected chi connectivity index (χ4v) is 3.61. The number of nitrogens with zero attached hydrogens (tertiary/aromatic N) is 3. The van der Waals surface area contributed by atoms with Crippen LogP contribution >= 0.6 is 0 Å². The van der Waals surface area contributed by atoms with Gasteiger partial charge in [0.25, 0.3) is 0 Å². The minimum Gasteiger partial charge on any atom is -0.342 e. The molecule has 0 aromatic carbocycles. The van der Waals surface area contributed by atoms with Gasteiger partial charge in [0.1, 0.15) is 0 Å². The van der Waals surface area contributed by atoms with Gasteiger partial charge in [-0.15, -0.1) is 0 Å². The van der Waals surface area contributed by atoms with Gasteiger partial charge in [0.2, 0.25) is 11.8 Å². The molecule has 0 spiro atoms. The molecule has 1 N–H and O–H groups in total. The third-order valence-electron chi connectivity index (χ3n) is 5.13. The molecular formula is C17H32N4O2. The monoisotopic (exact) mass is 324 g/mol. The van der Waals surface area contributed by atoms with Crippen molar-refractivity contribution in [2.75, 3.05) is 52.4 Å². The average Bonchev–Trinajstić information content (AvgIpc) is 2.56. The minimum atomic E-state index is 0.176. The van der Waals surface area contributed by atoms with E-state index in [1.165, 1.54) is 0 Å². The summed E-state index contributed by atoms with van der Waals surface area (Å²) < 4.78 is 0. The van der Waals surface area contributed by atoms with Crippen LogP contribution in [-0.2, 0) is 9.59 Å². The molecule has 132 valence electrons. The molecule has 2 amide bonds. The van der Waals surface area contributed by atoms with E-state index in [1.807, 2.05) is 23.6 Å². The van der Waals surface area contributed by atoms with Gasteiger partial charge in [0, 0.05) is 51.2 Å². The molecule has 2 aliphatic heterocycles. The Morgan fingerprint density at radius 3 is 2.35 bits per heavy atom. The van der Waals surface area contributed by atoms with Gasteiger partial charge in [-0.05, 0) is 40.2 Å². The van der Waals surface area contributed by atoms with Crippen LogP contribution in [0, 0.1) is 5.92 Å². The molecule has 0 aliphatic carbocycles. The number of rotatable bonds is 5. The maximum atomic E-state index is 12.6. The summed E-state index contributed by atoms with van der Waals surface area (Å²) in [5.41, 5.74) is 0. The summed E-state index contributed by atoms with van der Waals surface area (Å²) in [5.74, 6) is 0.685. The maximum absolute atomic E-state index is 12.6. The second kappa shape index (κ2) is 8.64. The maximum Gasteiger partial charge on any atom is 0.236 e. The summed E-state index contributed by atoms with van der Waals surface area (Å²) in [6.45, 7) is 12.2. The zero-order valence-corrected chi connectivity index (χ0v) is 14.9. The minimum absolute atomic E-state index is 0.176. The molecule has 0 unspecified atom stereocenters. The largest absolute Gasteiger partial charge is 0.342 e. The van der Waals surface area contributed by atoms with Crippen LogP contribution in [0.5, 0.6) is 0 Å². The number of piperazine rings is 1. The van der Waals surface area contributed by atoms with Crippen molar-refractivity contribution in [1.82, 2.24) is 20.0 Å². The van der Waals surface area contributed by atoms with Crippen molar-refractivity contribution in [2.24, 2.45) is 5.92 Å². The van der Waals surface area contributed by atoms with Gasteiger partial charge in [-0.2, -0.15) is 0 Å². The molecule has 0 aromatic heterocycles. The van der Waals surface area contributed by atoms with Crippen LogP contribution in [-0.4, -0.2) is 84.9 Å². The zero-order valence-electron chi connectivity index (χ0n) is 14.9. The lowest BCUT2D eigenvalue weighted by Crippen LogP contribution is -2.53. The van der Waals surface area contributed by atoms with E-state index >= 15 is 0 Å². The van der Waals surface area contributed by atoms with Crippen LogP contribution in [0.1, 0.15) is 33.6 Å². The summed E-state index contributed by atoms with van der Waals surface area (Å²) in [4.78, 5) is 30.8. The smallest absolute Gasteiger partial charge is 0.236 e. The van der Waals surface area contributed by atoms with E-state index in [0.29, 0.717) is 18.5 Å². The molecule has 2 atom stereocenters. The molecular weight excluding hydrogens is 292 g/mol. The number of nitrogens with one attached hydrogen (secondary N) is 1. The number of piperidine rings is 1. The number of amides is 2. The molecule has 2 fully saturated rings. The molecule has 6 nitrogen and oxygen atoms in total. The van der Waals surface area contributed by atoms with Crippen LogP contribution in [0.2, 0.25) is 0 Å². The van der Waals surface area contributed by atoms with E-state index in [9.17, 15) is 9.59 Å². The van der Waals surface area contributed by atoms with E-state index in [4.69, 9.17) is 0 Å². The third-order valence-corrected chi connectivity index (χ3v) is 5.13. The first-order chi connectivity index (χ1) is 11.0. The Hall–Kier alpha value is -1.14. The van der Waals surface area contributed by atoms with Gasteiger partial charge in [-0.25, -0.2) is 0 Å². The second-order valence-corrected chi connectivity index (χ2v) is 6.74. The van der Waals surface area contributed by atoms with Crippen LogP contribution in [0.15, 0.2) is 0 Å². The summed E-state index contributed by atoms with van der Waals surface area (Å²) in [6.07, 6.45) is 1.89. The standard InChI is InChI=1S/C17H32N4O2/c1-4-20(5-2)16(22)13-19-8-10-21(11-9-19)17(23)15-6-7-18-14(3)12-15/h14-15,18H,4-13H2,1-3H3/t14-,15-/m0/s1. The molecule has 0 radical (unpaired) electrons. The highest BCUT2D eigenvalue weighted by molar-refractivity contribution is 5.79. The van der Waals surface area contributed by atoms with E-state index in [0.717, 1.165) is 58.7 Å². The zero-order chi connectivity index (χ0) is 16.8. The molecule has 2 aliphatic rings. The fourth-order valence-electron chi connectivity index (χ4n) is 3.61. The summed E-state index contributed by atoms with van der Waals surface area (Å²) >= 11 is 0. The lowest BCUT2D eigenvalue weighted by Gasteiger charge is -2.38. The SMILES string of the molecule is CCN(CC)C(=O)CN1CCN(C(=O)[C@H]2CCN[C@@H](C)C2)CC1. The molecule has 2 heterocycles. The third kappa shape index (κ3) is 4.91. The predicted molar refractivity (Wildman–Crippen MR) is 91.1 cm³/mol. The highest BCUT2D eigenvalue weighted by Gasteiger charge is 2.30. The molecule has 2 saturated heterocycles. The van der Waals surface area contributed by atoms with Crippen molar-refractivity contribution in [3.63, 3.8) is 0 Å². The summed E-state index contributed by atoms with van der Waals surface area (Å²) in [7, 11) is 0. The summed E-state index contributed by atoms with van der Waals surface area (Å²) in [6, 6.07) is 0.436. The van der Waals surface area contributed by atoms with Crippen molar-refractivity contribution in [1.29, 1.82) is 0 Å². The van der Waals surface area contributed by atoms with Gasteiger partial charge in [0.05, 0.1) is 6.54 Å². The number of hydrogen-bond acceptors (Lipinski definition) is 4. The normalized spacial score (nSPS) is 26.1. The molecule has 0 bridgehead atoms. The highest BCUT2D eigenvalue weighted by Crippen LogP contribution is 2.19. The van der Waals surface area contributed by atoms with Crippen molar-refractivity contribution >= 4 is 11.8 Å². The van der Waals surface area contributed by atoms with Crippen LogP contribution < -0.4 is 5.32 Å². The number of carbonyl (C=O) groups is 2.